The van der Waals surface area contributed by atoms with Gasteiger partial charge in [-0.25, -0.2) is 4.79 Å². The summed E-state index contributed by atoms with van der Waals surface area (Å²) >= 11 is 0. The van der Waals surface area contributed by atoms with Crippen molar-refractivity contribution in [1.29, 1.82) is 0 Å². The third kappa shape index (κ3) is 15.8. The van der Waals surface area contributed by atoms with Gasteiger partial charge < -0.3 is 37.8 Å². The van der Waals surface area contributed by atoms with E-state index in [2.05, 4.69) is 21.3 Å². The number of nitrogens with two attached hydrogens (primary N) is 2. The Kier molecular flexibility index (Phi) is 17.2. The van der Waals surface area contributed by atoms with Crippen LogP contribution in [0.15, 0.2) is 84.9 Å². The largest absolute Gasteiger partial charge is 0.480 e. The topological polar surface area (TPSA) is 240 Å². The van der Waals surface area contributed by atoms with Crippen LogP contribution < -0.4 is 32.7 Å². The number of aliphatic carboxylic acids is 1. The van der Waals surface area contributed by atoms with Crippen molar-refractivity contribution in [1.82, 2.24) is 21.3 Å². The first-order valence-electron chi connectivity index (χ1n) is 17.6. The number of carbonyl (C=O) groups is 7. The Hall–Kier alpha value is -6.05. The minimum absolute atomic E-state index is 0.0199. The fourth-order valence-corrected chi connectivity index (χ4v) is 5.53. The zero-order valence-corrected chi connectivity index (χ0v) is 29.6. The highest BCUT2D eigenvalue weighted by Crippen LogP contribution is 2.11. The molecule has 0 saturated heterocycles. The maximum absolute atomic E-state index is 12.9. The summed E-state index contributed by atoms with van der Waals surface area (Å²) in [6, 6.07) is 21.2. The molecular weight excluding hydrogens is 680 g/mol. The number of carbonyl (C=O) groups excluding carboxylic acids is 6. The summed E-state index contributed by atoms with van der Waals surface area (Å²) in [4.78, 5) is 86.0. The lowest BCUT2D eigenvalue weighted by atomic mass is 10.0. The molecule has 0 spiro atoms. The van der Waals surface area contributed by atoms with Gasteiger partial charge in [0.15, 0.2) is 0 Å². The lowest BCUT2D eigenvalue weighted by Crippen LogP contribution is -2.53. The molecule has 0 aliphatic rings. The van der Waals surface area contributed by atoms with Gasteiger partial charge in [0, 0.05) is 37.8 Å². The van der Waals surface area contributed by atoms with Crippen LogP contribution in [-0.4, -0.2) is 64.6 Å². The van der Waals surface area contributed by atoms with E-state index < -0.39 is 60.1 Å². The van der Waals surface area contributed by atoms with E-state index in [-0.39, 0.29) is 31.7 Å². The van der Waals surface area contributed by atoms with E-state index in [1.165, 1.54) is 0 Å². The van der Waals surface area contributed by atoms with Gasteiger partial charge in [-0.2, -0.15) is 0 Å². The summed E-state index contributed by atoms with van der Waals surface area (Å²) in [6.45, 7) is 0.219. The Morgan fingerprint density at radius 3 is 1.70 bits per heavy atom. The Bertz CT molecular complexity index is 1700. The molecule has 0 radical (unpaired) electrons. The highest BCUT2D eigenvalue weighted by molar-refractivity contribution is 5.97. The number of rotatable bonds is 23. The number of nitrogens with one attached hydrogen (secondary N) is 4. The predicted molar refractivity (Wildman–Crippen MR) is 197 cm³/mol. The van der Waals surface area contributed by atoms with E-state index in [9.17, 15) is 38.7 Å². The van der Waals surface area contributed by atoms with E-state index in [4.69, 9.17) is 11.5 Å². The van der Waals surface area contributed by atoms with Crippen LogP contribution in [0, 0.1) is 0 Å². The summed E-state index contributed by atoms with van der Waals surface area (Å²) in [5.41, 5.74) is 13.4. The Morgan fingerprint density at radius 1 is 0.585 bits per heavy atom. The lowest BCUT2D eigenvalue weighted by molar-refractivity contribution is -0.142. The van der Waals surface area contributed by atoms with Crippen molar-refractivity contribution in [3.63, 3.8) is 0 Å². The van der Waals surface area contributed by atoms with Crippen molar-refractivity contribution in [2.75, 3.05) is 0 Å². The molecular formula is C39H48N6O8. The SMILES string of the molecule is NC(=O)C[C@H](NC(=O)CCCCCCCC(=O)NCc1cccc(C(=O)N[C@@H](Cc2ccccc2)C(N)=O)c1)C(=O)N[C@@H](Cc1ccccc1)C(=O)O. The average Bonchev–Trinajstić information content (AvgIpc) is 3.13. The van der Waals surface area contributed by atoms with E-state index in [0.717, 1.165) is 18.4 Å². The van der Waals surface area contributed by atoms with Crippen molar-refractivity contribution in [3.05, 3.63) is 107 Å². The van der Waals surface area contributed by atoms with Crippen molar-refractivity contribution in [2.45, 2.75) is 88.9 Å². The number of hydrogen-bond donors (Lipinski definition) is 7. The molecule has 282 valence electrons. The summed E-state index contributed by atoms with van der Waals surface area (Å²) in [5.74, 6) is -4.61. The minimum Gasteiger partial charge on any atom is -0.480 e. The van der Waals surface area contributed by atoms with Crippen molar-refractivity contribution in [3.8, 4) is 0 Å². The normalized spacial score (nSPS) is 12.4. The molecule has 3 aromatic rings. The number of primary amides is 2. The monoisotopic (exact) mass is 728 g/mol. The van der Waals surface area contributed by atoms with Crippen LogP contribution in [-0.2, 0) is 48.2 Å². The van der Waals surface area contributed by atoms with Gasteiger partial charge >= 0.3 is 5.97 Å². The average molecular weight is 729 g/mol. The van der Waals surface area contributed by atoms with Gasteiger partial charge in [0.2, 0.25) is 29.5 Å². The highest BCUT2D eigenvalue weighted by Gasteiger charge is 2.28. The van der Waals surface area contributed by atoms with Gasteiger partial charge in [-0.3, -0.25) is 28.8 Å². The zero-order valence-electron chi connectivity index (χ0n) is 29.6. The lowest BCUT2D eigenvalue weighted by Gasteiger charge is -2.21. The van der Waals surface area contributed by atoms with Crippen LogP contribution in [0.5, 0.6) is 0 Å². The first kappa shape index (κ1) is 41.4. The van der Waals surface area contributed by atoms with E-state index >= 15 is 0 Å². The molecule has 0 aromatic heterocycles. The van der Waals surface area contributed by atoms with E-state index in [1.54, 1.807) is 54.6 Å². The molecule has 3 aromatic carbocycles. The second-order valence-electron chi connectivity index (χ2n) is 12.7. The zero-order chi connectivity index (χ0) is 38.6. The quantitative estimate of drug-likeness (QED) is 0.0711. The number of carboxylic acids is 1. The molecule has 0 aliphatic carbocycles. The molecule has 0 unspecified atom stereocenters. The first-order chi connectivity index (χ1) is 25.4. The molecule has 9 N–H and O–H groups in total. The fourth-order valence-electron chi connectivity index (χ4n) is 5.53. The van der Waals surface area contributed by atoms with Gasteiger partial charge in [0.25, 0.3) is 5.91 Å². The fraction of sp³-hybridized carbons (Fsp3) is 0.359. The summed E-state index contributed by atoms with van der Waals surface area (Å²) in [7, 11) is 0. The number of hydrogen-bond acceptors (Lipinski definition) is 7. The standard InChI is InChI=1S/C39H48N6O8/c40-33(46)24-31(38(51)45-32(39(52)53)23-27-15-8-5-9-16-27)43-35(48)20-11-3-1-2-10-19-34(47)42-25-28-17-12-18-29(21-28)37(50)44-30(36(41)49)22-26-13-6-4-7-14-26/h4-9,12-18,21,30-32H,1-3,10-11,19-20,22-25H2,(H2,40,46)(H2,41,49)(H,42,47)(H,43,48)(H,44,50)(H,45,51)(H,52,53)/t30-,31-,32-/m0/s1. The smallest absolute Gasteiger partial charge is 0.326 e. The predicted octanol–water partition coefficient (Wildman–Crippen LogP) is 2.03. The summed E-state index contributed by atoms with van der Waals surface area (Å²) < 4.78 is 0. The van der Waals surface area contributed by atoms with Crippen molar-refractivity contribution in [2.24, 2.45) is 11.5 Å². The van der Waals surface area contributed by atoms with Gasteiger partial charge in [-0.15, -0.1) is 0 Å². The van der Waals surface area contributed by atoms with Gasteiger partial charge in [-0.05, 0) is 41.7 Å². The number of benzene rings is 3. The minimum atomic E-state index is -1.31. The van der Waals surface area contributed by atoms with Gasteiger partial charge in [0.05, 0.1) is 6.42 Å². The van der Waals surface area contributed by atoms with Crippen LogP contribution in [0.3, 0.4) is 0 Å². The molecule has 6 amide bonds. The summed E-state index contributed by atoms with van der Waals surface area (Å²) in [6.07, 6.45) is 3.52. The first-order valence-corrected chi connectivity index (χ1v) is 17.6. The Morgan fingerprint density at radius 2 is 1.13 bits per heavy atom. The summed E-state index contributed by atoms with van der Waals surface area (Å²) in [5, 5.41) is 20.0. The van der Waals surface area contributed by atoms with E-state index in [1.807, 2.05) is 30.3 Å². The maximum Gasteiger partial charge on any atom is 0.326 e. The molecule has 0 fully saturated rings. The Labute approximate surface area is 308 Å². The second kappa shape index (κ2) is 22.0. The second-order valence-corrected chi connectivity index (χ2v) is 12.7. The molecule has 0 saturated carbocycles. The number of unbranched alkanes of at least 4 members (excludes halogenated alkanes) is 4. The number of amides is 6. The van der Waals surface area contributed by atoms with Crippen LogP contribution >= 0.6 is 0 Å². The van der Waals surface area contributed by atoms with Crippen LogP contribution in [0.4, 0.5) is 0 Å². The Balaban J connectivity index is 1.33. The van der Waals surface area contributed by atoms with Gasteiger partial charge in [0.1, 0.15) is 18.1 Å². The molecule has 53 heavy (non-hydrogen) atoms. The molecule has 14 nitrogen and oxygen atoms in total. The molecule has 3 atom stereocenters. The molecule has 14 heteroatoms. The van der Waals surface area contributed by atoms with Crippen LogP contribution in [0.1, 0.15) is 78.4 Å². The maximum atomic E-state index is 12.9. The highest BCUT2D eigenvalue weighted by atomic mass is 16.4. The molecule has 3 rings (SSSR count). The van der Waals surface area contributed by atoms with Crippen molar-refractivity contribution >= 4 is 41.4 Å². The molecule has 0 bridgehead atoms. The van der Waals surface area contributed by atoms with Crippen molar-refractivity contribution < 1.29 is 38.7 Å². The van der Waals surface area contributed by atoms with Gasteiger partial charge in [-0.1, -0.05) is 92.1 Å². The third-order valence-corrected chi connectivity index (χ3v) is 8.37. The van der Waals surface area contributed by atoms with Crippen LogP contribution in [0.25, 0.3) is 0 Å². The van der Waals surface area contributed by atoms with E-state index in [0.29, 0.717) is 42.4 Å². The van der Waals surface area contributed by atoms with Crippen LogP contribution in [0.2, 0.25) is 0 Å². The molecule has 0 aliphatic heterocycles. The molecule has 0 heterocycles. The number of carboxylic acid groups (broad SMARTS) is 1. The third-order valence-electron chi connectivity index (χ3n) is 8.37.